The molecular formula is C20H22N4O4. The summed E-state index contributed by atoms with van der Waals surface area (Å²) in [5.74, 6) is -0.849. The molecule has 0 unspecified atom stereocenters. The fourth-order valence-electron chi connectivity index (χ4n) is 3.06. The minimum absolute atomic E-state index is 0.0302. The van der Waals surface area contributed by atoms with E-state index < -0.39 is 0 Å². The van der Waals surface area contributed by atoms with Gasteiger partial charge in [0, 0.05) is 19.7 Å². The lowest BCUT2D eigenvalue weighted by atomic mass is 10.1. The van der Waals surface area contributed by atoms with Gasteiger partial charge in [-0.25, -0.2) is 4.57 Å². The maximum absolute atomic E-state index is 12.7. The molecule has 3 N–H and O–H groups in total. The van der Waals surface area contributed by atoms with Crippen molar-refractivity contribution in [3.8, 4) is 34.6 Å². The van der Waals surface area contributed by atoms with Crippen LogP contribution in [0.2, 0.25) is 0 Å². The van der Waals surface area contributed by atoms with Gasteiger partial charge in [0.25, 0.3) is 5.91 Å². The highest BCUT2D eigenvalue weighted by atomic mass is 16.3. The van der Waals surface area contributed by atoms with Gasteiger partial charge in [-0.3, -0.25) is 4.79 Å². The lowest BCUT2D eigenvalue weighted by Crippen LogP contribution is -2.27. The van der Waals surface area contributed by atoms with Crippen LogP contribution in [0.4, 0.5) is 0 Å². The van der Waals surface area contributed by atoms with E-state index in [2.05, 4.69) is 10.2 Å². The highest BCUT2D eigenvalue weighted by molar-refractivity contribution is 5.98. The van der Waals surface area contributed by atoms with Crippen LogP contribution in [0, 0.1) is 6.92 Å². The van der Waals surface area contributed by atoms with Gasteiger partial charge < -0.3 is 20.2 Å². The van der Waals surface area contributed by atoms with E-state index in [-0.39, 0.29) is 40.4 Å². The van der Waals surface area contributed by atoms with Gasteiger partial charge in [0.2, 0.25) is 0 Å². The molecule has 146 valence electrons. The van der Waals surface area contributed by atoms with Crippen LogP contribution in [0.5, 0.6) is 17.5 Å². The molecule has 0 saturated heterocycles. The lowest BCUT2D eigenvalue weighted by molar-refractivity contribution is 0.0792. The molecule has 0 radical (unpaired) electrons. The highest BCUT2D eigenvalue weighted by Crippen LogP contribution is 2.37. The number of carbonyl (C=O) groups excluding carboxylic acids is 1. The van der Waals surface area contributed by atoms with Crippen LogP contribution >= 0.6 is 0 Å². The molecule has 0 saturated carbocycles. The zero-order valence-corrected chi connectivity index (χ0v) is 15.9. The van der Waals surface area contributed by atoms with Gasteiger partial charge in [-0.05, 0) is 31.0 Å². The van der Waals surface area contributed by atoms with Gasteiger partial charge in [0.15, 0.2) is 5.82 Å². The van der Waals surface area contributed by atoms with Crippen LogP contribution in [0.15, 0.2) is 36.4 Å². The summed E-state index contributed by atoms with van der Waals surface area (Å²) in [4.78, 5) is 14.1. The molecule has 0 aliphatic carbocycles. The van der Waals surface area contributed by atoms with Crippen molar-refractivity contribution in [2.24, 2.45) is 0 Å². The van der Waals surface area contributed by atoms with Crippen molar-refractivity contribution >= 4 is 5.91 Å². The average molecular weight is 382 g/mol. The molecule has 0 aliphatic heterocycles. The first-order chi connectivity index (χ1) is 13.3. The molecule has 2 aromatic carbocycles. The number of hydrogen-bond donors (Lipinski definition) is 3. The van der Waals surface area contributed by atoms with E-state index in [4.69, 9.17) is 0 Å². The van der Waals surface area contributed by atoms with Crippen molar-refractivity contribution in [3.63, 3.8) is 0 Å². The Labute approximate surface area is 162 Å². The third-order valence-corrected chi connectivity index (χ3v) is 4.49. The van der Waals surface area contributed by atoms with Crippen molar-refractivity contribution in [1.29, 1.82) is 0 Å². The second-order valence-electron chi connectivity index (χ2n) is 6.56. The summed E-state index contributed by atoms with van der Waals surface area (Å²) in [7, 11) is 1.64. The quantitative estimate of drug-likeness (QED) is 0.626. The largest absolute Gasteiger partial charge is 0.507 e. The van der Waals surface area contributed by atoms with Gasteiger partial charge >= 0.3 is 6.01 Å². The summed E-state index contributed by atoms with van der Waals surface area (Å²) in [6.45, 7) is 4.33. The number of phenols is 2. The SMILES string of the molecule is CCCN(C)C(=O)c1cc(-c2nnc(O)n2-c2ccccc2C)c(O)cc1O. The first kappa shape index (κ1) is 19.2. The number of nitrogens with zero attached hydrogens (tertiary/aromatic N) is 4. The maximum atomic E-state index is 12.7. The van der Waals surface area contributed by atoms with E-state index in [1.807, 2.05) is 26.0 Å². The van der Waals surface area contributed by atoms with E-state index in [9.17, 15) is 20.1 Å². The number of para-hydroxylation sites is 1. The van der Waals surface area contributed by atoms with Crippen molar-refractivity contribution < 1.29 is 20.1 Å². The first-order valence-corrected chi connectivity index (χ1v) is 8.87. The lowest BCUT2D eigenvalue weighted by Gasteiger charge is -2.18. The Morgan fingerprint density at radius 3 is 2.50 bits per heavy atom. The monoisotopic (exact) mass is 382 g/mol. The average Bonchev–Trinajstić information content (AvgIpc) is 3.03. The van der Waals surface area contributed by atoms with Gasteiger partial charge in [-0.15, -0.1) is 5.10 Å². The molecule has 0 fully saturated rings. The standard InChI is InChI=1S/C20H22N4O4/c1-4-9-23(3)19(27)14-10-13(16(25)11-17(14)26)18-21-22-20(28)24(18)15-8-6-5-7-12(15)2/h5-8,10-11,25-26H,4,9H2,1-3H3,(H,22,28). The Hall–Kier alpha value is -3.55. The number of phenolic OH excluding ortho intramolecular Hbond substituents is 2. The molecule has 1 aromatic heterocycles. The number of amides is 1. The Balaban J connectivity index is 2.17. The van der Waals surface area contributed by atoms with E-state index in [1.54, 1.807) is 19.2 Å². The molecule has 0 atom stereocenters. The van der Waals surface area contributed by atoms with Gasteiger partial charge in [0.1, 0.15) is 11.5 Å². The van der Waals surface area contributed by atoms with Gasteiger partial charge in [-0.2, -0.15) is 0 Å². The fraction of sp³-hybridized carbons (Fsp3) is 0.250. The second kappa shape index (κ2) is 7.59. The number of benzene rings is 2. The number of aryl methyl sites for hydroxylation is 1. The van der Waals surface area contributed by atoms with Crippen LogP contribution in [-0.2, 0) is 0 Å². The Morgan fingerprint density at radius 2 is 1.82 bits per heavy atom. The highest BCUT2D eigenvalue weighted by Gasteiger charge is 2.23. The van der Waals surface area contributed by atoms with Crippen LogP contribution in [-0.4, -0.2) is 54.5 Å². The summed E-state index contributed by atoms with van der Waals surface area (Å²) >= 11 is 0. The Morgan fingerprint density at radius 1 is 1.11 bits per heavy atom. The molecule has 1 amide bonds. The van der Waals surface area contributed by atoms with Crippen LogP contribution in [0.1, 0.15) is 29.3 Å². The van der Waals surface area contributed by atoms with Gasteiger partial charge in [-0.1, -0.05) is 30.2 Å². The fourth-order valence-corrected chi connectivity index (χ4v) is 3.06. The maximum Gasteiger partial charge on any atom is 0.319 e. The number of aromatic hydroxyl groups is 3. The third-order valence-electron chi connectivity index (χ3n) is 4.49. The molecule has 1 heterocycles. The minimum atomic E-state index is -0.383. The Kier molecular flexibility index (Phi) is 5.21. The molecule has 0 aliphatic rings. The van der Waals surface area contributed by atoms with E-state index in [0.29, 0.717) is 12.2 Å². The summed E-state index contributed by atoms with van der Waals surface area (Å²) < 4.78 is 1.38. The zero-order chi connectivity index (χ0) is 20.4. The molecule has 0 spiro atoms. The molecule has 0 bridgehead atoms. The molecule has 8 nitrogen and oxygen atoms in total. The molecule has 3 aromatic rings. The number of hydrogen-bond acceptors (Lipinski definition) is 6. The van der Waals surface area contributed by atoms with Crippen LogP contribution in [0.25, 0.3) is 17.1 Å². The Bertz CT molecular complexity index is 1030. The minimum Gasteiger partial charge on any atom is -0.507 e. The van der Waals surface area contributed by atoms with E-state index in [1.165, 1.54) is 15.5 Å². The number of rotatable bonds is 5. The normalized spacial score (nSPS) is 10.8. The van der Waals surface area contributed by atoms with E-state index >= 15 is 0 Å². The van der Waals surface area contributed by atoms with E-state index in [0.717, 1.165) is 18.1 Å². The predicted molar refractivity (Wildman–Crippen MR) is 104 cm³/mol. The van der Waals surface area contributed by atoms with Gasteiger partial charge in [0.05, 0.1) is 16.8 Å². The summed E-state index contributed by atoms with van der Waals surface area (Å²) in [5.41, 5.74) is 1.68. The number of carbonyl (C=O) groups is 1. The smallest absolute Gasteiger partial charge is 0.319 e. The van der Waals surface area contributed by atoms with Crippen molar-refractivity contribution in [1.82, 2.24) is 19.7 Å². The summed E-state index contributed by atoms with van der Waals surface area (Å²) in [5, 5.41) is 38.5. The number of aromatic nitrogens is 3. The molecular weight excluding hydrogens is 360 g/mol. The topological polar surface area (TPSA) is 112 Å². The van der Waals surface area contributed by atoms with Crippen molar-refractivity contribution in [2.75, 3.05) is 13.6 Å². The zero-order valence-electron chi connectivity index (χ0n) is 15.9. The van der Waals surface area contributed by atoms with Crippen LogP contribution in [0.3, 0.4) is 0 Å². The summed E-state index contributed by atoms with van der Waals surface area (Å²) in [6, 6.07) is 9.40. The van der Waals surface area contributed by atoms with Crippen LogP contribution < -0.4 is 0 Å². The second-order valence-corrected chi connectivity index (χ2v) is 6.56. The van der Waals surface area contributed by atoms with Crippen molar-refractivity contribution in [3.05, 3.63) is 47.5 Å². The molecule has 8 heteroatoms. The first-order valence-electron chi connectivity index (χ1n) is 8.87. The molecule has 28 heavy (non-hydrogen) atoms. The predicted octanol–water partition coefficient (Wildman–Crippen LogP) is 2.84. The third kappa shape index (κ3) is 3.36. The van der Waals surface area contributed by atoms with Crippen molar-refractivity contribution in [2.45, 2.75) is 20.3 Å². The molecule has 3 rings (SSSR count). The summed E-state index contributed by atoms with van der Waals surface area (Å²) in [6.07, 6.45) is 0.767.